The summed E-state index contributed by atoms with van der Waals surface area (Å²) in [7, 11) is 1.74. The highest BCUT2D eigenvalue weighted by Crippen LogP contribution is 2.27. The summed E-state index contributed by atoms with van der Waals surface area (Å²) in [4.78, 5) is 8.20. The van der Waals surface area contributed by atoms with Gasteiger partial charge in [-0.3, -0.25) is 4.68 Å². The Morgan fingerprint density at radius 1 is 1.22 bits per heavy atom. The topological polar surface area (TPSA) is 64.9 Å². The van der Waals surface area contributed by atoms with E-state index in [0.717, 1.165) is 0 Å². The smallest absolute Gasteiger partial charge is 0.405 e. The monoisotopic (exact) mass is 323 g/mol. The molecular formula is C14H12F3N5O. The summed E-state index contributed by atoms with van der Waals surface area (Å²) in [5.41, 5.74) is 0.989. The number of benzene rings is 1. The van der Waals surface area contributed by atoms with Crippen molar-refractivity contribution in [1.82, 2.24) is 19.7 Å². The predicted molar refractivity (Wildman–Crippen MR) is 76.8 cm³/mol. The summed E-state index contributed by atoms with van der Waals surface area (Å²) in [6, 6.07) is 5.94. The zero-order valence-corrected chi connectivity index (χ0v) is 12.0. The predicted octanol–water partition coefficient (Wildman–Crippen LogP) is 2.87. The molecule has 3 aromatic rings. The Labute approximate surface area is 128 Å². The fourth-order valence-corrected chi connectivity index (χ4v) is 2.16. The van der Waals surface area contributed by atoms with Gasteiger partial charge < -0.3 is 10.1 Å². The molecule has 0 fully saturated rings. The highest BCUT2D eigenvalue weighted by Gasteiger charge is 2.31. The van der Waals surface area contributed by atoms with Crippen LogP contribution in [0.2, 0.25) is 0 Å². The number of rotatable bonds is 4. The number of alkyl halides is 3. The number of aryl methyl sites for hydroxylation is 1. The second kappa shape index (κ2) is 5.75. The minimum absolute atomic E-state index is 0.118. The van der Waals surface area contributed by atoms with Crippen molar-refractivity contribution in [3.63, 3.8) is 0 Å². The van der Waals surface area contributed by atoms with Crippen molar-refractivity contribution >= 4 is 16.9 Å². The lowest BCUT2D eigenvalue weighted by Gasteiger charge is -2.14. The van der Waals surface area contributed by atoms with E-state index in [1.807, 2.05) is 0 Å². The highest BCUT2D eigenvalue weighted by atomic mass is 19.4. The van der Waals surface area contributed by atoms with Gasteiger partial charge in [-0.1, -0.05) is 18.2 Å². The lowest BCUT2D eigenvalue weighted by molar-refractivity contribution is -0.274. The van der Waals surface area contributed by atoms with Crippen molar-refractivity contribution in [1.29, 1.82) is 0 Å². The average molecular weight is 323 g/mol. The van der Waals surface area contributed by atoms with Gasteiger partial charge in [0.15, 0.2) is 5.65 Å². The van der Waals surface area contributed by atoms with Gasteiger partial charge >= 0.3 is 6.36 Å². The summed E-state index contributed by atoms with van der Waals surface area (Å²) >= 11 is 0. The van der Waals surface area contributed by atoms with Crippen LogP contribution in [0.5, 0.6) is 5.75 Å². The summed E-state index contributed by atoms with van der Waals surface area (Å²) < 4.78 is 42.9. The van der Waals surface area contributed by atoms with Gasteiger partial charge in [0.1, 0.15) is 17.9 Å². The Kier molecular flexibility index (Phi) is 3.77. The standard InChI is InChI=1S/C14H12F3N5O/c1-22-13-10(7-21-22)12(19-8-20-13)18-6-9-4-2-3-5-11(9)23-14(15,16)17/h2-5,7-8H,6H2,1H3,(H,18,19,20). The van der Waals surface area contributed by atoms with Crippen LogP contribution in [0.25, 0.3) is 11.0 Å². The third kappa shape index (κ3) is 3.33. The third-order valence-corrected chi connectivity index (χ3v) is 3.17. The van der Waals surface area contributed by atoms with Crippen LogP contribution < -0.4 is 10.1 Å². The number of fused-ring (bicyclic) bond motifs is 1. The minimum atomic E-state index is -4.73. The molecule has 0 radical (unpaired) electrons. The molecule has 0 saturated heterocycles. The lowest BCUT2D eigenvalue weighted by Crippen LogP contribution is -2.18. The first-order valence-electron chi connectivity index (χ1n) is 6.64. The van der Waals surface area contributed by atoms with Crippen LogP contribution in [0.4, 0.5) is 19.0 Å². The maximum Gasteiger partial charge on any atom is 0.573 e. The molecule has 120 valence electrons. The Morgan fingerprint density at radius 2 is 2.00 bits per heavy atom. The molecule has 0 amide bonds. The van der Waals surface area contributed by atoms with E-state index in [1.165, 1.54) is 18.5 Å². The fourth-order valence-electron chi connectivity index (χ4n) is 2.16. The average Bonchev–Trinajstić information content (AvgIpc) is 2.87. The quantitative estimate of drug-likeness (QED) is 0.800. The molecular weight excluding hydrogens is 311 g/mol. The van der Waals surface area contributed by atoms with Gasteiger partial charge in [-0.2, -0.15) is 5.10 Å². The van der Waals surface area contributed by atoms with E-state index in [0.29, 0.717) is 22.4 Å². The first-order valence-corrected chi connectivity index (χ1v) is 6.64. The van der Waals surface area contributed by atoms with Crippen LogP contribution >= 0.6 is 0 Å². The van der Waals surface area contributed by atoms with Crippen molar-refractivity contribution in [2.75, 3.05) is 5.32 Å². The molecule has 1 aromatic carbocycles. The van der Waals surface area contributed by atoms with Crippen molar-refractivity contribution in [2.45, 2.75) is 12.9 Å². The van der Waals surface area contributed by atoms with Crippen LogP contribution in [0, 0.1) is 0 Å². The van der Waals surface area contributed by atoms with E-state index in [-0.39, 0.29) is 12.3 Å². The van der Waals surface area contributed by atoms with Crippen LogP contribution in [0.1, 0.15) is 5.56 Å². The summed E-state index contributed by atoms with van der Waals surface area (Å²) in [5.74, 6) is 0.244. The first kappa shape index (κ1) is 15.1. The number of anilines is 1. The second-order valence-corrected chi connectivity index (χ2v) is 4.74. The van der Waals surface area contributed by atoms with E-state index < -0.39 is 6.36 Å². The highest BCUT2D eigenvalue weighted by molar-refractivity contribution is 5.85. The lowest BCUT2D eigenvalue weighted by atomic mass is 10.2. The van der Waals surface area contributed by atoms with Gasteiger partial charge in [0.2, 0.25) is 0 Å². The number of halogens is 3. The van der Waals surface area contributed by atoms with E-state index in [1.54, 1.807) is 30.1 Å². The molecule has 23 heavy (non-hydrogen) atoms. The van der Waals surface area contributed by atoms with E-state index in [4.69, 9.17) is 0 Å². The summed E-state index contributed by atoms with van der Waals surface area (Å²) in [6.07, 6.45) is -1.78. The molecule has 2 aromatic heterocycles. The molecule has 6 nitrogen and oxygen atoms in total. The van der Waals surface area contributed by atoms with Crippen LogP contribution in [-0.2, 0) is 13.6 Å². The SMILES string of the molecule is Cn1ncc2c(NCc3ccccc3OC(F)(F)F)ncnc21. The number of ether oxygens (including phenoxy) is 1. The Morgan fingerprint density at radius 3 is 2.78 bits per heavy atom. The molecule has 9 heteroatoms. The summed E-state index contributed by atoms with van der Waals surface area (Å²) in [6.45, 7) is 0.118. The van der Waals surface area contributed by atoms with Crippen molar-refractivity contribution in [2.24, 2.45) is 7.05 Å². The van der Waals surface area contributed by atoms with Crippen LogP contribution in [0.15, 0.2) is 36.8 Å². The van der Waals surface area contributed by atoms with Gasteiger partial charge in [0.25, 0.3) is 0 Å². The second-order valence-electron chi connectivity index (χ2n) is 4.74. The van der Waals surface area contributed by atoms with E-state index >= 15 is 0 Å². The number of hydrogen-bond acceptors (Lipinski definition) is 5. The molecule has 1 N–H and O–H groups in total. The van der Waals surface area contributed by atoms with Gasteiger partial charge in [-0.25, -0.2) is 9.97 Å². The minimum Gasteiger partial charge on any atom is -0.405 e. The molecule has 0 aliphatic heterocycles. The number of hydrogen-bond donors (Lipinski definition) is 1. The number of aromatic nitrogens is 4. The largest absolute Gasteiger partial charge is 0.573 e. The van der Waals surface area contributed by atoms with Gasteiger partial charge in [0, 0.05) is 19.2 Å². The van der Waals surface area contributed by atoms with E-state index in [9.17, 15) is 13.2 Å². The van der Waals surface area contributed by atoms with Gasteiger partial charge in [-0.15, -0.1) is 13.2 Å². The molecule has 3 rings (SSSR count). The normalized spacial score (nSPS) is 11.7. The fraction of sp³-hybridized carbons (Fsp3) is 0.214. The van der Waals surface area contributed by atoms with Crippen molar-refractivity contribution < 1.29 is 17.9 Å². The van der Waals surface area contributed by atoms with Crippen molar-refractivity contribution in [3.05, 3.63) is 42.4 Å². The van der Waals surface area contributed by atoms with Crippen molar-refractivity contribution in [3.8, 4) is 5.75 Å². The third-order valence-electron chi connectivity index (χ3n) is 3.17. The van der Waals surface area contributed by atoms with Crippen LogP contribution in [0.3, 0.4) is 0 Å². The van der Waals surface area contributed by atoms with E-state index in [2.05, 4.69) is 25.1 Å². The molecule has 0 aliphatic carbocycles. The van der Waals surface area contributed by atoms with Gasteiger partial charge in [-0.05, 0) is 6.07 Å². The molecule has 0 atom stereocenters. The van der Waals surface area contributed by atoms with Gasteiger partial charge in [0.05, 0.1) is 11.6 Å². The maximum absolute atomic E-state index is 12.4. The molecule has 0 spiro atoms. The number of nitrogens with one attached hydrogen (secondary N) is 1. The zero-order valence-electron chi connectivity index (χ0n) is 12.0. The number of para-hydroxylation sites is 1. The molecule has 0 unspecified atom stereocenters. The molecule has 0 bridgehead atoms. The summed E-state index contributed by atoms with van der Waals surface area (Å²) in [5, 5.41) is 7.75. The first-order chi connectivity index (χ1) is 10.9. The number of nitrogens with zero attached hydrogens (tertiary/aromatic N) is 4. The van der Waals surface area contributed by atoms with Crippen LogP contribution in [-0.4, -0.2) is 26.1 Å². The molecule has 2 heterocycles. The Balaban J connectivity index is 1.83. The zero-order chi connectivity index (χ0) is 16.4. The molecule has 0 aliphatic rings. The Bertz CT molecular complexity index is 831. The Hall–Kier alpha value is -2.84. The maximum atomic E-state index is 12.4. The molecule has 0 saturated carbocycles.